The summed E-state index contributed by atoms with van der Waals surface area (Å²) in [6.45, 7) is 5.79. The lowest BCUT2D eigenvalue weighted by atomic mass is 10.0. The van der Waals surface area contributed by atoms with Gasteiger partial charge in [0.05, 0.1) is 6.61 Å². The van der Waals surface area contributed by atoms with Gasteiger partial charge in [0.25, 0.3) is 5.91 Å². The van der Waals surface area contributed by atoms with E-state index in [0.29, 0.717) is 25.3 Å². The zero-order valence-electron chi connectivity index (χ0n) is 18.7. The predicted octanol–water partition coefficient (Wildman–Crippen LogP) is 3.84. The monoisotopic (exact) mass is 434 g/mol. The van der Waals surface area contributed by atoms with Crippen LogP contribution in [-0.2, 0) is 11.2 Å². The number of benzene rings is 2. The molecule has 1 unspecified atom stereocenters. The molecule has 2 aliphatic heterocycles. The van der Waals surface area contributed by atoms with Gasteiger partial charge in [-0.1, -0.05) is 18.2 Å². The molecule has 0 saturated carbocycles. The van der Waals surface area contributed by atoms with Gasteiger partial charge in [-0.3, -0.25) is 9.59 Å². The van der Waals surface area contributed by atoms with Crippen molar-refractivity contribution in [3.8, 4) is 11.5 Å². The van der Waals surface area contributed by atoms with Crippen molar-refractivity contribution < 1.29 is 19.1 Å². The SMILES string of the molecule is CCOc1cc2c(cc1/C=C/C(=O)N1CCC(NC(=O)c3ccccc3)CC1)OC(C)C2. The molecule has 0 aromatic heterocycles. The normalized spacial score (nSPS) is 18.3. The van der Waals surface area contributed by atoms with Crippen LogP contribution in [0.4, 0.5) is 0 Å². The van der Waals surface area contributed by atoms with Crippen LogP contribution in [0, 0.1) is 0 Å². The average molecular weight is 435 g/mol. The van der Waals surface area contributed by atoms with Gasteiger partial charge in [-0.15, -0.1) is 0 Å². The molecule has 168 valence electrons. The first-order valence-corrected chi connectivity index (χ1v) is 11.3. The van der Waals surface area contributed by atoms with Crippen LogP contribution in [0.1, 0.15) is 48.2 Å². The van der Waals surface area contributed by atoms with E-state index in [1.807, 2.05) is 55.2 Å². The summed E-state index contributed by atoms with van der Waals surface area (Å²) in [5.74, 6) is 1.54. The van der Waals surface area contributed by atoms with Crippen LogP contribution in [0.2, 0.25) is 0 Å². The molecule has 6 heteroatoms. The minimum absolute atomic E-state index is 0.0323. The van der Waals surface area contributed by atoms with Crippen molar-refractivity contribution in [2.24, 2.45) is 0 Å². The molecule has 0 radical (unpaired) electrons. The highest BCUT2D eigenvalue weighted by Crippen LogP contribution is 2.35. The smallest absolute Gasteiger partial charge is 0.251 e. The van der Waals surface area contributed by atoms with Gasteiger partial charge in [0, 0.05) is 48.3 Å². The molecular formula is C26H30N2O4. The van der Waals surface area contributed by atoms with E-state index in [2.05, 4.69) is 5.32 Å². The second-order valence-electron chi connectivity index (χ2n) is 8.34. The maximum absolute atomic E-state index is 12.8. The van der Waals surface area contributed by atoms with Crippen LogP contribution in [0.25, 0.3) is 6.08 Å². The minimum Gasteiger partial charge on any atom is -0.493 e. The molecule has 2 aliphatic rings. The first-order valence-electron chi connectivity index (χ1n) is 11.3. The molecule has 4 rings (SSSR count). The van der Waals surface area contributed by atoms with E-state index in [4.69, 9.17) is 9.47 Å². The summed E-state index contributed by atoms with van der Waals surface area (Å²) in [6, 6.07) is 13.3. The van der Waals surface area contributed by atoms with E-state index < -0.39 is 0 Å². The van der Waals surface area contributed by atoms with Crippen molar-refractivity contribution >= 4 is 17.9 Å². The molecule has 32 heavy (non-hydrogen) atoms. The van der Waals surface area contributed by atoms with E-state index in [1.54, 1.807) is 18.2 Å². The number of piperidine rings is 1. The Balaban J connectivity index is 1.34. The Labute approximate surface area is 189 Å². The lowest BCUT2D eigenvalue weighted by molar-refractivity contribution is -0.126. The Kier molecular flexibility index (Phi) is 6.78. The molecule has 0 aliphatic carbocycles. The largest absolute Gasteiger partial charge is 0.493 e. The van der Waals surface area contributed by atoms with Crippen molar-refractivity contribution in [1.82, 2.24) is 10.2 Å². The summed E-state index contributed by atoms with van der Waals surface area (Å²) in [6.07, 6.45) is 5.92. The summed E-state index contributed by atoms with van der Waals surface area (Å²) in [4.78, 5) is 26.9. The Hall–Kier alpha value is -3.28. The number of amides is 2. The maximum atomic E-state index is 12.8. The highest BCUT2D eigenvalue weighted by atomic mass is 16.5. The fraction of sp³-hybridized carbons (Fsp3) is 0.385. The van der Waals surface area contributed by atoms with Crippen LogP contribution >= 0.6 is 0 Å². The van der Waals surface area contributed by atoms with Crippen LogP contribution in [0.15, 0.2) is 48.5 Å². The Bertz CT molecular complexity index is 994. The molecule has 2 heterocycles. The Morgan fingerprint density at radius 2 is 1.94 bits per heavy atom. The van der Waals surface area contributed by atoms with Gasteiger partial charge in [0.15, 0.2) is 0 Å². The number of carbonyl (C=O) groups excluding carboxylic acids is 2. The first kappa shape index (κ1) is 21.9. The predicted molar refractivity (Wildman–Crippen MR) is 124 cm³/mol. The van der Waals surface area contributed by atoms with Crippen molar-refractivity contribution in [1.29, 1.82) is 0 Å². The van der Waals surface area contributed by atoms with E-state index in [9.17, 15) is 9.59 Å². The Morgan fingerprint density at radius 1 is 1.19 bits per heavy atom. The molecule has 2 amide bonds. The molecule has 1 atom stereocenters. The van der Waals surface area contributed by atoms with Crippen molar-refractivity contribution in [3.63, 3.8) is 0 Å². The van der Waals surface area contributed by atoms with Crippen molar-refractivity contribution in [2.75, 3.05) is 19.7 Å². The third-order valence-corrected chi connectivity index (χ3v) is 5.91. The fourth-order valence-corrected chi connectivity index (χ4v) is 4.23. The molecule has 2 aromatic carbocycles. The molecule has 1 N–H and O–H groups in total. The molecule has 1 fully saturated rings. The fourth-order valence-electron chi connectivity index (χ4n) is 4.23. The van der Waals surface area contributed by atoms with E-state index >= 15 is 0 Å². The summed E-state index contributed by atoms with van der Waals surface area (Å²) < 4.78 is 11.7. The van der Waals surface area contributed by atoms with Crippen LogP contribution in [0.5, 0.6) is 11.5 Å². The topological polar surface area (TPSA) is 67.9 Å². The van der Waals surface area contributed by atoms with Crippen molar-refractivity contribution in [3.05, 3.63) is 65.2 Å². The lowest BCUT2D eigenvalue weighted by Gasteiger charge is -2.31. The maximum Gasteiger partial charge on any atom is 0.251 e. The summed E-state index contributed by atoms with van der Waals surface area (Å²) >= 11 is 0. The zero-order valence-corrected chi connectivity index (χ0v) is 18.7. The molecule has 0 spiro atoms. The molecule has 1 saturated heterocycles. The number of nitrogens with one attached hydrogen (secondary N) is 1. The van der Waals surface area contributed by atoms with Crippen LogP contribution in [-0.4, -0.2) is 48.6 Å². The lowest BCUT2D eigenvalue weighted by Crippen LogP contribution is -2.46. The second-order valence-corrected chi connectivity index (χ2v) is 8.34. The first-order chi connectivity index (χ1) is 15.5. The standard InChI is InChI=1S/C26H30N2O4/c1-3-31-23-17-21-15-18(2)32-24(21)16-20(23)9-10-25(29)28-13-11-22(12-14-28)27-26(30)19-7-5-4-6-8-19/h4-10,16-18,22H,3,11-15H2,1-2H3,(H,27,30)/b10-9+. The molecule has 2 aromatic rings. The number of carbonyl (C=O) groups is 2. The zero-order chi connectivity index (χ0) is 22.5. The quantitative estimate of drug-likeness (QED) is 0.702. The number of rotatable bonds is 6. The van der Waals surface area contributed by atoms with Gasteiger partial charge < -0.3 is 19.7 Å². The van der Waals surface area contributed by atoms with E-state index in [0.717, 1.165) is 41.9 Å². The number of nitrogens with zero attached hydrogens (tertiary/aromatic N) is 1. The van der Waals surface area contributed by atoms with Gasteiger partial charge in [0.2, 0.25) is 5.91 Å². The number of hydrogen-bond donors (Lipinski definition) is 1. The minimum atomic E-state index is -0.0631. The van der Waals surface area contributed by atoms with E-state index in [1.165, 1.54) is 0 Å². The third-order valence-electron chi connectivity index (χ3n) is 5.91. The van der Waals surface area contributed by atoms with Gasteiger partial charge in [0.1, 0.15) is 17.6 Å². The van der Waals surface area contributed by atoms with Gasteiger partial charge >= 0.3 is 0 Å². The highest BCUT2D eigenvalue weighted by Gasteiger charge is 2.24. The highest BCUT2D eigenvalue weighted by molar-refractivity contribution is 5.94. The average Bonchev–Trinajstić information content (AvgIpc) is 3.17. The van der Waals surface area contributed by atoms with Gasteiger partial charge in [-0.25, -0.2) is 0 Å². The number of likely N-dealkylation sites (tertiary alicyclic amines) is 1. The van der Waals surface area contributed by atoms with Crippen LogP contribution in [0.3, 0.4) is 0 Å². The molecule has 0 bridgehead atoms. The van der Waals surface area contributed by atoms with Crippen LogP contribution < -0.4 is 14.8 Å². The summed E-state index contributed by atoms with van der Waals surface area (Å²) in [5.41, 5.74) is 2.65. The van der Waals surface area contributed by atoms with Gasteiger partial charge in [-0.2, -0.15) is 0 Å². The number of ether oxygens (including phenoxy) is 2. The Morgan fingerprint density at radius 3 is 2.66 bits per heavy atom. The number of fused-ring (bicyclic) bond motifs is 1. The second kappa shape index (κ2) is 9.90. The van der Waals surface area contributed by atoms with Crippen molar-refractivity contribution in [2.45, 2.75) is 45.3 Å². The number of hydrogen-bond acceptors (Lipinski definition) is 4. The van der Waals surface area contributed by atoms with Gasteiger partial charge in [-0.05, 0) is 57.0 Å². The molecular weight excluding hydrogens is 404 g/mol. The van der Waals surface area contributed by atoms with E-state index in [-0.39, 0.29) is 24.0 Å². The summed E-state index contributed by atoms with van der Waals surface area (Å²) in [5, 5.41) is 3.08. The summed E-state index contributed by atoms with van der Waals surface area (Å²) in [7, 11) is 0. The molecule has 6 nitrogen and oxygen atoms in total. The third kappa shape index (κ3) is 5.13.